The molecule has 0 radical (unpaired) electrons. The molecule has 45 heavy (non-hydrogen) atoms. The summed E-state index contributed by atoms with van der Waals surface area (Å²) >= 11 is 11.2. The first kappa shape index (κ1) is 32.3. The smallest absolute Gasteiger partial charge is 0.338 e. The summed E-state index contributed by atoms with van der Waals surface area (Å²) in [7, 11) is 4.61. The fraction of sp³-hybridized carbons (Fsp3) is 0.242. The van der Waals surface area contributed by atoms with E-state index in [1.807, 2.05) is 30.3 Å². The van der Waals surface area contributed by atoms with Crippen LogP contribution in [0.5, 0.6) is 23.0 Å². The van der Waals surface area contributed by atoms with Crippen LogP contribution in [0.3, 0.4) is 0 Å². The van der Waals surface area contributed by atoms with Crippen LogP contribution < -0.4 is 33.8 Å². The van der Waals surface area contributed by atoms with E-state index in [0.29, 0.717) is 58.7 Å². The summed E-state index contributed by atoms with van der Waals surface area (Å²) in [6.45, 7) is 3.81. The van der Waals surface area contributed by atoms with Gasteiger partial charge in [-0.15, -0.1) is 0 Å². The number of nitrogens with zero attached hydrogens (tertiary/aromatic N) is 2. The Hall–Kier alpha value is -4.06. The minimum atomic E-state index is -0.863. The normalized spacial score (nSPS) is 14.5. The van der Waals surface area contributed by atoms with Crippen molar-refractivity contribution in [1.29, 1.82) is 0 Å². The lowest BCUT2D eigenvalue weighted by Gasteiger charge is -2.26. The van der Waals surface area contributed by atoms with Crippen LogP contribution in [-0.2, 0) is 16.1 Å². The van der Waals surface area contributed by atoms with Gasteiger partial charge in [0.25, 0.3) is 5.56 Å². The number of thiazole rings is 1. The number of allylic oxidation sites excluding steroid dienone is 1. The summed E-state index contributed by atoms with van der Waals surface area (Å²) in [4.78, 5) is 32.7. The number of benzene rings is 3. The minimum Gasteiger partial charge on any atom is -0.493 e. The highest BCUT2D eigenvalue weighted by Crippen LogP contribution is 2.41. The molecule has 4 aromatic rings. The van der Waals surface area contributed by atoms with Crippen molar-refractivity contribution in [2.45, 2.75) is 26.5 Å². The van der Waals surface area contributed by atoms with E-state index >= 15 is 0 Å². The number of esters is 1. The van der Waals surface area contributed by atoms with Crippen LogP contribution >= 0.6 is 38.9 Å². The number of hydrogen-bond acceptors (Lipinski definition) is 9. The molecule has 5 rings (SSSR count). The number of rotatable bonds is 10. The summed E-state index contributed by atoms with van der Waals surface area (Å²) < 4.78 is 30.8. The van der Waals surface area contributed by atoms with Gasteiger partial charge in [-0.2, -0.15) is 0 Å². The molecule has 234 valence electrons. The molecule has 0 saturated heterocycles. The second-order valence-corrected chi connectivity index (χ2v) is 12.1. The molecular weight excluding hydrogens is 684 g/mol. The second-order valence-electron chi connectivity index (χ2n) is 9.79. The molecule has 0 saturated carbocycles. The number of methoxy groups -OCH3 is 3. The lowest BCUT2D eigenvalue weighted by molar-refractivity contribution is -0.139. The Morgan fingerprint density at radius 1 is 1.04 bits per heavy atom. The van der Waals surface area contributed by atoms with Gasteiger partial charge < -0.3 is 23.7 Å². The molecule has 1 atom stereocenters. The number of ether oxygens (including phenoxy) is 5. The molecule has 0 unspecified atom stereocenters. The SMILES string of the molecule is CCOC(=O)C1=C(C)N=c2s/c(=C\c3cccc(OC)c3OCc3ccccc3Cl)c(=O)n2[C@@H]1c1cc(OC)c(OC)cc1Br. The zero-order chi connectivity index (χ0) is 32.2. The first-order valence-corrected chi connectivity index (χ1v) is 15.8. The van der Waals surface area contributed by atoms with E-state index in [4.69, 9.17) is 35.3 Å². The summed E-state index contributed by atoms with van der Waals surface area (Å²) in [6, 6.07) is 15.5. The standard InChI is InChI=1S/C33H30BrClN2O7S/c1-6-43-32(39)28-18(2)36-33-37(29(28)21-15-25(41-4)26(42-5)16-22(21)34)31(38)27(45-33)14-19-11-9-13-24(40-3)30(19)44-17-20-10-7-8-12-23(20)35/h7-16,29H,6,17H2,1-5H3/b27-14-/t29-/m1/s1. The topological polar surface area (TPSA) is 97.6 Å². The molecule has 12 heteroatoms. The van der Waals surface area contributed by atoms with Crippen LogP contribution in [0.4, 0.5) is 0 Å². The lowest BCUT2D eigenvalue weighted by atomic mass is 9.95. The van der Waals surface area contributed by atoms with E-state index in [9.17, 15) is 9.59 Å². The molecule has 0 bridgehead atoms. The van der Waals surface area contributed by atoms with Gasteiger partial charge in [0.05, 0.1) is 49.8 Å². The van der Waals surface area contributed by atoms with E-state index in [1.54, 1.807) is 51.3 Å². The van der Waals surface area contributed by atoms with Gasteiger partial charge in [0, 0.05) is 20.6 Å². The highest BCUT2D eigenvalue weighted by atomic mass is 79.9. The first-order chi connectivity index (χ1) is 21.7. The molecule has 2 heterocycles. The fourth-order valence-corrected chi connectivity index (χ4v) is 6.80. The quantitative estimate of drug-likeness (QED) is 0.191. The number of halogens is 2. The molecule has 3 aromatic carbocycles. The number of hydrogen-bond donors (Lipinski definition) is 0. The summed E-state index contributed by atoms with van der Waals surface area (Å²) in [5.74, 6) is 1.31. The highest BCUT2D eigenvalue weighted by molar-refractivity contribution is 9.10. The maximum Gasteiger partial charge on any atom is 0.338 e. The average molecular weight is 714 g/mol. The van der Waals surface area contributed by atoms with Gasteiger partial charge in [-0.25, -0.2) is 9.79 Å². The summed E-state index contributed by atoms with van der Waals surface area (Å²) in [5.41, 5.74) is 2.36. The van der Waals surface area contributed by atoms with Crippen molar-refractivity contribution in [3.8, 4) is 23.0 Å². The molecular formula is C33H30BrClN2O7S. The largest absolute Gasteiger partial charge is 0.493 e. The van der Waals surface area contributed by atoms with E-state index in [-0.39, 0.29) is 24.3 Å². The van der Waals surface area contributed by atoms with Crippen LogP contribution in [0.25, 0.3) is 6.08 Å². The predicted octanol–water partition coefficient (Wildman–Crippen LogP) is 5.82. The summed E-state index contributed by atoms with van der Waals surface area (Å²) in [5, 5.41) is 0.580. The van der Waals surface area contributed by atoms with Gasteiger partial charge in [0.2, 0.25) is 0 Å². The van der Waals surface area contributed by atoms with Gasteiger partial charge in [0.15, 0.2) is 27.8 Å². The Kier molecular flexibility index (Phi) is 10.0. The number of aromatic nitrogens is 1. The number of carbonyl (C=O) groups is 1. The number of para-hydroxylation sites is 1. The molecule has 0 amide bonds. The Labute approximate surface area is 277 Å². The van der Waals surface area contributed by atoms with Gasteiger partial charge in [0.1, 0.15) is 6.61 Å². The molecule has 0 fully saturated rings. The Bertz CT molecular complexity index is 1990. The maximum atomic E-state index is 14.3. The van der Waals surface area contributed by atoms with Crippen LogP contribution in [0.2, 0.25) is 5.02 Å². The molecule has 0 N–H and O–H groups in total. The van der Waals surface area contributed by atoms with Gasteiger partial charge in [-0.1, -0.05) is 69.2 Å². The van der Waals surface area contributed by atoms with Crippen LogP contribution in [0, 0.1) is 0 Å². The van der Waals surface area contributed by atoms with Crippen molar-refractivity contribution in [3.05, 3.63) is 112 Å². The van der Waals surface area contributed by atoms with E-state index in [0.717, 1.165) is 5.56 Å². The third-order valence-electron chi connectivity index (χ3n) is 7.16. The Morgan fingerprint density at radius 2 is 1.76 bits per heavy atom. The van der Waals surface area contributed by atoms with E-state index < -0.39 is 12.0 Å². The van der Waals surface area contributed by atoms with Crippen molar-refractivity contribution in [2.24, 2.45) is 4.99 Å². The Balaban J connectivity index is 1.69. The second kappa shape index (κ2) is 13.9. The molecule has 1 aromatic heterocycles. The van der Waals surface area contributed by atoms with Gasteiger partial charge in [-0.05, 0) is 49.8 Å². The van der Waals surface area contributed by atoms with Crippen LogP contribution in [0.15, 0.2) is 80.1 Å². The molecule has 9 nitrogen and oxygen atoms in total. The van der Waals surface area contributed by atoms with Crippen LogP contribution in [0.1, 0.15) is 36.6 Å². The van der Waals surface area contributed by atoms with Crippen LogP contribution in [-0.4, -0.2) is 38.5 Å². The molecule has 1 aliphatic heterocycles. The minimum absolute atomic E-state index is 0.159. The third-order valence-corrected chi connectivity index (χ3v) is 9.20. The lowest BCUT2D eigenvalue weighted by Crippen LogP contribution is -2.40. The predicted molar refractivity (Wildman–Crippen MR) is 176 cm³/mol. The molecule has 0 aliphatic carbocycles. The van der Waals surface area contributed by atoms with Crippen molar-refractivity contribution in [1.82, 2.24) is 4.57 Å². The average Bonchev–Trinajstić information content (AvgIpc) is 3.33. The number of fused-ring (bicyclic) bond motifs is 1. The maximum absolute atomic E-state index is 14.3. The van der Waals surface area contributed by atoms with E-state index in [2.05, 4.69) is 20.9 Å². The zero-order valence-electron chi connectivity index (χ0n) is 25.2. The fourth-order valence-electron chi connectivity index (χ4n) is 5.03. The van der Waals surface area contributed by atoms with Gasteiger partial charge >= 0.3 is 5.97 Å². The monoisotopic (exact) mass is 712 g/mol. The number of carbonyl (C=O) groups excluding carboxylic acids is 1. The first-order valence-electron chi connectivity index (χ1n) is 13.9. The molecule has 0 spiro atoms. The van der Waals surface area contributed by atoms with Crippen molar-refractivity contribution >= 4 is 50.9 Å². The van der Waals surface area contributed by atoms with Crippen molar-refractivity contribution in [2.75, 3.05) is 27.9 Å². The third kappa shape index (κ3) is 6.38. The van der Waals surface area contributed by atoms with E-state index in [1.165, 1.54) is 30.1 Å². The Morgan fingerprint density at radius 3 is 2.44 bits per heavy atom. The summed E-state index contributed by atoms with van der Waals surface area (Å²) in [6.07, 6.45) is 1.73. The van der Waals surface area contributed by atoms with Crippen molar-refractivity contribution in [3.63, 3.8) is 0 Å². The van der Waals surface area contributed by atoms with Gasteiger partial charge in [-0.3, -0.25) is 9.36 Å². The molecule has 1 aliphatic rings. The zero-order valence-corrected chi connectivity index (χ0v) is 28.3. The van der Waals surface area contributed by atoms with Crippen molar-refractivity contribution < 1.29 is 28.5 Å². The highest BCUT2D eigenvalue weighted by Gasteiger charge is 2.35.